The fourth-order valence-corrected chi connectivity index (χ4v) is 3.97. The molecule has 4 rings (SSSR count). The molecule has 1 aromatic heterocycles. The minimum Gasteiger partial charge on any atom is -0.481 e. The lowest BCUT2D eigenvalue weighted by atomic mass is 9.73. The number of halogens is 1. The lowest BCUT2D eigenvalue weighted by molar-refractivity contribution is -0.148. The van der Waals surface area contributed by atoms with Gasteiger partial charge in [0.1, 0.15) is 0 Å². The van der Waals surface area contributed by atoms with Gasteiger partial charge in [0.25, 0.3) is 0 Å². The third-order valence-corrected chi connectivity index (χ3v) is 5.56. The van der Waals surface area contributed by atoms with Crippen molar-refractivity contribution >= 4 is 23.5 Å². The largest absolute Gasteiger partial charge is 0.481 e. The van der Waals surface area contributed by atoms with Gasteiger partial charge in [-0.1, -0.05) is 23.7 Å². The maximum Gasteiger partial charge on any atom is 0.232 e. The fourth-order valence-electron chi connectivity index (χ4n) is 3.84. The third kappa shape index (κ3) is 3.77. The van der Waals surface area contributed by atoms with Crippen LogP contribution in [0.15, 0.2) is 36.5 Å². The van der Waals surface area contributed by atoms with E-state index in [2.05, 4.69) is 9.97 Å². The van der Waals surface area contributed by atoms with Gasteiger partial charge in [0.15, 0.2) is 0 Å². The molecule has 0 bridgehead atoms. The number of morpholine rings is 1. The minimum atomic E-state index is -0.502. The summed E-state index contributed by atoms with van der Waals surface area (Å²) in [4.78, 5) is 26.1. The maximum atomic E-state index is 13.4. The van der Waals surface area contributed by atoms with Crippen LogP contribution in [0.1, 0.15) is 5.56 Å². The molecule has 0 saturated carbocycles. The van der Waals surface area contributed by atoms with Gasteiger partial charge >= 0.3 is 0 Å². The standard InChI is InChI=1S/C20H23ClN4O3/c1-27-17-6-7-22-19(23-17)25-13-20(14-25,12-15-2-4-16(21)5-3-15)18(26)24-8-10-28-11-9-24/h2-7H,8-14H2,1H3. The zero-order valence-corrected chi connectivity index (χ0v) is 16.6. The van der Waals surface area contributed by atoms with E-state index in [1.54, 1.807) is 19.4 Å². The van der Waals surface area contributed by atoms with Gasteiger partial charge in [0.2, 0.25) is 17.7 Å². The smallest absolute Gasteiger partial charge is 0.232 e. The number of hydrogen-bond acceptors (Lipinski definition) is 6. The molecule has 1 amide bonds. The van der Waals surface area contributed by atoms with E-state index in [4.69, 9.17) is 21.1 Å². The van der Waals surface area contributed by atoms with E-state index in [0.717, 1.165) is 5.56 Å². The molecule has 7 nitrogen and oxygen atoms in total. The van der Waals surface area contributed by atoms with Crippen molar-refractivity contribution < 1.29 is 14.3 Å². The topological polar surface area (TPSA) is 67.8 Å². The van der Waals surface area contributed by atoms with Crippen LogP contribution in [0.25, 0.3) is 0 Å². The Kier molecular flexibility index (Phi) is 5.37. The van der Waals surface area contributed by atoms with Crippen LogP contribution in [0.5, 0.6) is 5.88 Å². The van der Waals surface area contributed by atoms with Crippen LogP contribution in [-0.2, 0) is 16.0 Å². The molecule has 1 aromatic carbocycles. The first-order valence-electron chi connectivity index (χ1n) is 9.33. The zero-order chi connectivity index (χ0) is 19.6. The van der Waals surface area contributed by atoms with Crippen LogP contribution in [-0.4, -0.2) is 67.3 Å². The van der Waals surface area contributed by atoms with Gasteiger partial charge in [-0.2, -0.15) is 4.98 Å². The first kappa shape index (κ1) is 19.0. The molecule has 2 aliphatic heterocycles. The molecule has 148 valence electrons. The van der Waals surface area contributed by atoms with Crippen LogP contribution < -0.4 is 9.64 Å². The quantitative estimate of drug-likeness (QED) is 0.762. The second-order valence-corrected chi connectivity index (χ2v) is 7.68. The molecule has 8 heteroatoms. The summed E-state index contributed by atoms with van der Waals surface area (Å²) in [5.74, 6) is 1.27. The van der Waals surface area contributed by atoms with Crippen LogP contribution in [0.2, 0.25) is 5.02 Å². The number of nitrogens with zero attached hydrogens (tertiary/aromatic N) is 4. The van der Waals surface area contributed by atoms with Crippen LogP contribution in [0.4, 0.5) is 5.95 Å². The Morgan fingerprint density at radius 2 is 1.93 bits per heavy atom. The SMILES string of the molecule is COc1ccnc(N2CC(Cc3ccc(Cl)cc3)(C(=O)N3CCOCC3)C2)n1. The lowest BCUT2D eigenvalue weighted by Gasteiger charge is -2.51. The van der Waals surface area contributed by atoms with Crippen molar-refractivity contribution in [2.24, 2.45) is 5.41 Å². The molecule has 0 atom stereocenters. The fraction of sp³-hybridized carbons (Fsp3) is 0.450. The summed E-state index contributed by atoms with van der Waals surface area (Å²) in [6.45, 7) is 3.59. The number of anilines is 1. The molecule has 0 aliphatic carbocycles. The van der Waals surface area contributed by atoms with Gasteiger partial charge in [-0.05, 0) is 24.1 Å². The predicted octanol–water partition coefficient (Wildman–Crippen LogP) is 2.05. The van der Waals surface area contributed by atoms with Gasteiger partial charge in [0.05, 0.1) is 25.7 Å². The second-order valence-electron chi connectivity index (χ2n) is 7.24. The van der Waals surface area contributed by atoms with Gasteiger partial charge in [0, 0.05) is 43.5 Å². The van der Waals surface area contributed by atoms with Crippen molar-refractivity contribution in [1.29, 1.82) is 0 Å². The van der Waals surface area contributed by atoms with Crippen molar-refractivity contribution in [2.45, 2.75) is 6.42 Å². The predicted molar refractivity (Wildman–Crippen MR) is 106 cm³/mol. The highest BCUT2D eigenvalue weighted by atomic mass is 35.5. The van der Waals surface area contributed by atoms with E-state index in [1.807, 2.05) is 34.1 Å². The first-order chi connectivity index (χ1) is 13.6. The number of carbonyl (C=O) groups excluding carboxylic acids is 1. The highest BCUT2D eigenvalue weighted by molar-refractivity contribution is 6.30. The Morgan fingerprint density at radius 1 is 1.21 bits per heavy atom. The Morgan fingerprint density at radius 3 is 2.61 bits per heavy atom. The summed E-state index contributed by atoms with van der Waals surface area (Å²) in [6, 6.07) is 9.42. The Balaban J connectivity index is 1.56. The van der Waals surface area contributed by atoms with E-state index in [1.165, 1.54) is 0 Å². The zero-order valence-electron chi connectivity index (χ0n) is 15.8. The maximum absolute atomic E-state index is 13.4. The van der Waals surface area contributed by atoms with Gasteiger partial charge < -0.3 is 19.3 Å². The van der Waals surface area contributed by atoms with Crippen molar-refractivity contribution in [3.63, 3.8) is 0 Å². The number of aromatic nitrogens is 2. The van der Waals surface area contributed by atoms with Crippen LogP contribution >= 0.6 is 11.6 Å². The van der Waals surface area contributed by atoms with E-state index < -0.39 is 5.41 Å². The molecular weight excluding hydrogens is 380 g/mol. The van der Waals surface area contributed by atoms with Crippen molar-refractivity contribution in [1.82, 2.24) is 14.9 Å². The van der Waals surface area contributed by atoms with Crippen molar-refractivity contribution in [3.05, 3.63) is 47.1 Å². The number of amides is 1. The average molecular weight is 403 g/mol. The highest BCUT2D eigenvalue weighted by Gasteiger charge is 2.52. The summed E-state index contributed by atoms with van der Waals surface area (Å²) in [5.41, 5.74) is 0.592. The summed E-state index contributed by atoms with van der Waals surface area (Å²) in [6.07, 6.45) is 2.32. The van der Waals surface area contributed by atoms with E-state index in [-0.39, 0.29) is 5.91 Å². The Hall–Kier alpha value is -2.38. The number of hydrogen-bond donors (Lipinski definition) is 0. The van der Waals surface area contributed by atoms with Crippen molar-refractivity contribution in [3.8, 4) is 5.88 Å². The first-order valence-corrected chi connectivity index (χ1v) is 9.71. The molecule has 2 aromatic rings. The van der Waals surface area contributed by atoms with Gasteiger partial charge in [-0.25, -0.2) is 4.98 Å². The molecule has 0 radical (unpaired) electrons. The van der Waals surface area contributed by atoms with Crippen molar-refractivity contribution in [2.75, 3.05) is 51.4 Å². The molecule has 2 saturated heterocycles. The highest BCUT2D eigenvalue weighted by Crippen LogP contribution is 2.38. The van der Waals surface area contributed by atoms with E-state index >= 15 is 0 Å². The monoisotopic (exact) mass is 402 g/mol. The summed E-state index contributed by atoms with van der Waals surface area (Å²) in [7, 11) is 1.58. The van der Waals surface area contributed by atoms with E-state index in [9.17, 15) is 4.79 Å². The molecular formula is C20H23ClN4O3. The summed E-state index contributed by atoms with van der Waals surface area (Å²) >= 11 is 6.02. The summed E-state index contributed by atoms with van der Waals surface area (Å²) in [5, 5.41) is 0.692. The molecule has 0 unspecified atom stereocenters. The Labute approximate surface area is 169 Å². The Bertz CT molecular complexity index is 834. The molecule has 2 fully saturated rings. The molecule has 28 heavy (non-hydrogen) atoms. The number of carbonyl (C=O) groups is 1. The molecule has 0 spiro atoms. The third-order valence-electron chi connectivity index (χ3n) is 5.30. The van der Waals surface area contributed by atoms with Gasteiger partial charge in [-0.3, -0.25) is 4.79 Å². The normalized spacial score (nSPS) is 18.5. The number of methoxy groups -OCH3 is 1. The van der Waals surface area contributed by atoms with E-state index in [0.29, 0.717) is 62.7 Å². The molecule has 3 heterocycles. The molecule has 2 aliphatic rings. The van der Waals surface area contributed by atoms with Crippen LogP contribution in [0.3, 0.4) is 0 Å². The number of rotatable bonds is 5. The molecule has 0 N–H and O–H groups in total. The summed E-state index contributed by atoms with van der Waals surface area (Å²) < 4.78 is 10.6. The minimum absolute atomic E-state index is 0.171. The number of benzene rings is 1. The van der Waals surface area contributed by atoms with Crippen LogP contribution in [0, 0.1) is 5.41 Å². The second kappa shape index (κ2) is 7.93. The average Bonchev–Trinajstić information content (AvgIpc) is 2.72. The van der Waals surface area contributed by atoms with Gasteiger partial charge in [-0.15, -0.1) is 0 Å². The number of ether oxygens (including phenoxy) is 2. The lowest BCUT2D eigenvalue weighted by Crippen LogP contribution is -2.66.